The molecule has 7 heteroatoms. The van der Waals surface area contributed by atoms with Crippen LogP contribution in [-0.4, -0.2) is 29.6 Å². The number of benzene rings is 2. The Morgan fingerprint density at radius 1 is 1.17 bits per heavy atom. The molecule has 0 bridgehead atoms. The van der Waals surface area contributed by atoms with E-state index in [9.17, 15) is 9.90 Å². The summed E-state index contributed by atoms with van der Waals surface area (Å²) >= 11 is 0. The summed E-state index contributed by atoms with van der Waals surface area (Å²) in [7, 11) is 1.59. The maximum absolute atomic E-state index is 12.8. The number of phenols is 1. The van der Waals surface area contributed by atoms with Gasteiger partial charge in [-0.25, -0.2) is 4.98 Å². The van der Waals surface area contributed by atoms with E-state index < -0.39 is 0 Å². The summed E-state index contributed by atoms with van der Waals surface area (Å²) in [4.78, 5) is 16.8. The number of amides is 1. The molecule has 0 aliphatic rings. The second-order valence-corrected chi connectivity index (χ2v) is 6.89. The molecule has 1 amide bonds. The highest BCUT2D eigenvalue weighted by Crippen LogP contribution is 2.39. The molecule has 7 nitrogen and oxygen atoms in total. The van der Waals surface area contributed by atoms with Gasteiger partial charge in [0.15, 0.2) is 0 Å². The van der Waals surface area contributed by atoms with Crippen LogP contribution in [0.15, 0.2) is 63.8 Å². The largest absolute Gasteiger partial charge is 0.508 e. The molecular weight excluding hydrogens is 382 g/mol. The second kappa shape index (κ2) is 8.84. The number of aromatic nitrogens is 1. The van der Waals surface area contributed by atoms with Crippen LogP contribution >= 0.6 is 0 Å². The van der Waals surface area contributed by atoms with E-state index in [2.05, 4.69) is 15.6 Å². The predicted molar refractivity (Wildman–Crippen MR) is 113 cm³/mol. The van der Waals surface area contributed by atoms with Gasteiger partial charge in [0, 0.05) is 23.6 Å². The lowest BCUT2D eigenvalue weighted by molar-refractivity contribution is 0.0964. The molecule has 30 heavy (non-hydrogen) atoms. The third-order valence-corrected chi connectivity index (χ3v) is 4.97. The summed E-state index contributed by atoms with van der Waals surface area (Å²) in [6.07, 6.45) is 4.49. The van der Waals surface area contributed by atoms with Crippen LogP contribution in [-0.2, 0) is 13.0 Å². The van der Waals surface area contributed by atoms with Crippen molar-refractivity contribution in [1.29, 1.82) is 0 Å². The zero-order valence-electron chi connectivity index (χ0n) is 16.6. The third-order valence-electron chi connectivity index (χ3n) is 4.97. The topological polar surface area (TPSA) is 101 Å². The van der Waals surface area contributed by atoms with Gasteiger partial charge in [-0.2, -0.15) is 0 Å². The van der Waals surface area contributed by atoms with Gasteiger partial charge >= 0.3 is 0 Å². The zero-order chi connectivity index (χ0) is 20.9. The maximum atomic E-state index is 12.8. The average Bonchev–Trinajstić information content (AvgIpc) is 3.43. The van der Waals surface area contributed by atoms with Gasteiger partial charge in [0.25, 0.3) is 5.91 Å². The monoisotopic (exact) mass is 405 g/mol. The number of hydrogen-bond acceptors (Lipinski definition) is 6. The number of aryl methyl sites for hydroxylation is 1. The fourth-order valence-electron chi connectivity index (χ4n) is 3.56. The minimum atomic E-state index is -0.249. The van der Waals surface area contributed by atoms with Crippen molar-refractivity contribution < 1.29 is 18.7 Å². The van der Waals surface area contributed by atoms with Gasteiger partial charge in [0.05, 0.1) is 18.3 Å². The van der Waals surface area contributed by atoms with Crippen LogP contribution in [0.4, 0.5) is 0 Å². The van der Waals surface area contributed by atoms with Crippen LogP contribution in [0.3, 0.4) is 0 Å². The Bertz CT molecular complexity index is 1130. The second-order valence-electron chi connectivity index (χ2n) is 6.89. The molecule has 3 N–H and O–H groups in total. The first-order valence-corrected chi connectivity index (χ1v) is 9.83. The number of rotatable bonds is 8. The number of oxazole rings is 1. The fourth-order valence-corrected chi connectivity index (χ4v) is 3.56. The van der Waals surface area contributed by atoms with E-state index in [4.69, 9.17) is 8.83 Å². The molecule has 4 aromatic rings. The minimum absolute atomic E-state index is 0.153. The third kappa shape index (κ3) is 3.92. The molecule has 154 valence electrons. The van der Waals surface area contributed by atoms with Gasteiger partial charge in [0.1, 0.15) is 23.4 Å². The lowest BCUT2D eigenvalue weighted by Gasteiger charge is -2.09. The SMILES string of the molecule is CNC(=O)c1c(-c2ccccc2)oc2ccc(O)c(CCCNCc3ncco3)c12. The van der Waals surface area contributed by atoms with E-state index in [0.29, 0.717) is 53.3 Å². The first kappa shape index (κ1) is 19.7. The van der Waals surface area contributed by atoms with Crippen molar-refractivity contribution in [2.45, 2.75) is 19.4 Å². The van der Waals surface area contributed by atoms with Crippen molar-refractivity contribution >= 4 is 16.9 Å². The number of fused-ring (bicyclic) bond motifs is 1. The summed E-state index contributed by atoms with van der Waals surface area (Å²) in [5.41, 5.74) is 2.53. The number of hydrogen-bond donors (Lipinski definition) is 3. The Balaban J connectivity index is 1.64. The number of nitrogens with one attached hydrogen (secondary N) is 2. The van der Waals surface area contributed by atoms with Gasteiger partial charge in [-0.05, 0) is 31.5 Å². The Kier molecular flexibility index (Phi) is 5.81. The Hall–Kier alpha value is -3.58. The lowest BCUT2D eigenvalue weighted by atomic mass is 9.97. The molecule has 4 rings (SSSR count). The highest BCUT2D eigenvalue weighted by atomic mass is 16.3. The normalized spacial score (nSPS) is 11.1. The zero-order valence-corrected chi connectivity index (χ0v) is 16.6. The number of phenolic OH excluding ortho intramolecular Hbond substituents is 1. The highest BCUT2D eigenvalue weighted by molar-refractivity contribution is 6.12. The fraction of sp³-hybridized carbons (Fsp3) is 0.217. The number of aromatic hydroxyl groups is 1. The van der Waals surface area contributed by atoms with Crippen LogP contribution in [0, 0.1) is 0 Å². The maximum Gasteiger partial charge on any atom is 0.255 e. The average molecular weight is 405 g/mol. The Labute approximate surface area is 173 Å². The number of nitrogens with zero attached hydrogens (tertiary/aromatic N) is 1. The molecule has 0 atom stereocenters. The van der Waals surface area contributed by atoms with Crippen molar-refractivity contribution in [2.24, 2.45) is 0 Å². The molecule has 0 unspecified atom stereocenters. The standard InChI is InChI=1S/C23H23N3O4/c1-24-23(28)21-20-16(8-5-11-25-14-19-26-12-13-29-19)17(27)9-10-18(20)30-22(21)15-6-3-2-4-7-15/h2-4,6-7,9-10,12-13,25,27H,5,8,11,14H2,1H3,(H,24,28). The molecule has 2 aromatic heterocycles. The number of furan rings is 1. The van der Waals surface area contributed by atoms with E-state index in [1.165, 1.54) is 0 Å². The van der Waals surface area contributed by atoms with E-state index in [1.807, 2.05) is 30.3 Å². The number of carbonyl (C=O) groups is 1. The van der Waals surface area contributed by atoms with Crippen molar-refractivity contribution in [1.82, 2.24) is 15.6 Å². The molecule has 0 aliphatic heterocycles. The summed E-state index contributed by atoms with van der Waals surface area (Å²) < 4.78 is 11.3. The minimum Gasteiger partial charge on any atom is -0.508 e. The summed E-state index contributed by atoms with van der Waals surface area (Å²) in [5.74, 6) is 1.03. The van der Waals surface area contributed by atoms with Crippen molar-refractivity contribution in [2.75, 3.05) is 13.6 Å². The van der Waals surface area contributed by atoms with E-state index in [0.717, 1.165) is 12.0 Å². The molecule has 0 fully saturated rings. The lowest BCUT2D eigenvalue weighted by Crippen LogP contribution is -2.18. The quantitative estimate of drug-likeness (QED) is 0.385. The molecule has 0 aliphatic carbocycles. The van der Waals surface area contributed by atoms with Crippen molar-refractivity contribution in [3.8, 4) is 17.1 Å². The van der Waals surface area contributed by atoms with Crippen LogP contribution in [0.1, 0.15) is 28.2 Å². The van der Waals surface area contributed by atoms with Gasteiger partial charge in [-0.1, -0.05) is 30.3 Å². The molecule has 0 spiro atoms. The molecule has 2 aromatic carbocycles. The Morgan fingerprint density at radius 2 is 2.00 bits per heavy atom. The van der Waals surface area contributed by atoms with Gasteiger partial charge in [0.2, 0.25) is 5.89 Å². The van der Waals surface area contributed by atoms with E-state index >= 15 is 0 Å². The summed E-state index contributed by atoms with van der Waals surface area (Å²) in [6.45, 7) is 1.24. The first-order chi connectivity index (χ1) is 14.7. The van der Waals surface area contributed by atoms with Crippen LogP contribution in [0.25, 0.3) is 22.3 Å². The van der Waals surface area contributed by atoms with E-state index in [-0.39, 0.29) is 11.7 Å². The predicted octanol–water partition coefficient (Wildman–Crippen LogP) is 3.88. The summed E-state index contributed by atoms with van der Waals surface area (Å²) in [6, 6.07) is 12.8. The van der Waals surface area contributed by atoms with Crippen LogP contribution in [0.5, 0.6) is 5.75 Å². The number of carbonyl (C=O) groups excluding carboxylic acids is 1. The van der Waals surface area contributed by atoms with E-state index in [1.54, 1.807) is 31.6 Å². The van der Waals surface area contributed by atoms with Crippen LogP contribution in [0.2, 0.25) is 0 Å². The molecule has 0 saturated heterocycles. The van der Waals surface area contributed by atoms with Gasteiger partial charge in [-0.15, -0.1) is 0 Å². The Morgan fingerprint density at radius 3 is 2.73 bits per heavy atom. The molecule has 0 radical (unpaired) electrons. The van der Waals surface area contributed by atoms with Gasteiger partial charge in [-0.3, -0.25) is 4.79 Å². The molecule has 2 heterocycles. The highest BCUT2D eigenvalue weighted by Gasteiger charge is 2.24. The first-order valence-electron chi connectivity index (χ1n) is 9.83. The molecular formula is C23H23N3O4. The molecule has 0 saturated carbocycles. The summed E-state index contributed by atoms with van der Waals surface area (Å²) in [5, 5.41) is 17.2. The van der Waals surface area contributed by atoms with Crippen molar-refractivity contribution in [3.63, 3.8) is 0 Å². The smallest absolute Gasteiger partial charge is 0.255 e. The van der Waals surface area contributed by atoms with Gasteiger partial charge < -0.3 is 24.6 Å². The van der Waals surface area contributed by atoms with Crippen LogP contribution < -0.4 is 10.6 Å². The van der Waals surface area contributed by atoms with Crippen molar-refractivity contribution in [3.05, 3.63) is 71.9 Å².